The van der Waals surface area contributed by atoms with Gasteiger partial charge in [-0.15, -0.1) is 0 Å². The van der Waals surface area contributed by atoms with Gasteiger partial charge in [0.2, 0.25) is 0 Å². The Bertz CT molecular complexity index is 1270. The van der Waals surface area contributed by atoms with Crippen molar-refractivity contribution in [2.24, 2.45) is 0 Å². The van der Waals surface area contributed by atoms with Crippen LogP contribution >= 0.6 is 0 Å². The first-order chi connectivity index (χ1) is 15.7. The third-order valence-corrected chi connectivity index (χ3v) is 5.27. The van der Waals surface area contributed by atoms with Gasteiger partial charge in [-0.2, -0.15) is 5.10 Å². The molecule has 0 saturated carbocycles. The second-order valence-electron chi connectivity index (χ2n) is 7.35. The quantitative estimate of drug-likeness (QED) is 0.487. The summed E-state index contributed by atoms with van der Waals surface area (Å²) in [5, 5.41) is 10.2. The summed E-state index contributed by atoms with van der Waals surface area (Å²) >= 11 is 0. The standard InChI is InChI=1S/C25H20FN3O3/c26-20-6-2-1-4-18(20)15-27-25(30)17-10-8-16(9-11-17)21-14-22(29-28-21)19-5-3-7-23-24(19)32-13-12-31-23/h1-11,14H,12-13,15H2,(H,27,30)(H,28,29). The minimum Gasteiger partial charge on any atom is -0.486 e. The van der Waals surface area contributed by atoms with Crippen molar-refractivity contribution in [2.75, 3.05) is 13.2 Å². The van der Waals surface area contributed by atoms with Gasteiger partial charge in [0.1, 0.15) is 19.0 Å². The lowest BCUT2D eigenvalue weighted by Crippen LogP contribution is -2.23. The largest absolute Gasteiger partial charge is 0.486 e. The highest BCUT2D eigenvalue weighted by Gasteiger charge is 2.18. The van der Waals surface area contributed by atoms with E-state index >= 15 is 0 Å². The molecule has 1 aliphatic heterocycles. The molecule has 1 amide bonds. The van der Waals surface area contributed by atoms with Crippen molar-refractivity contribution in [3.63, 3.8) is 0 Å². The van der Waals surface area contributed by atoms with Crippen molar-refractivity contribution in [1.82, 2.24) is 15.5 Å². The van der Waals surface area contributed by atoms with Crippen LogP contribution in [-0.2, 0) is 6.54 Å². The molecule has 1 aromatic heterocycles. The second kappa shape index (κ2) is 8.55. The van der Waals surface area contributed by atoms with Crippen LogP contribution < -0.4 is 14.8 Å². The van der Waals surface area contributed by atoms with E-state index in [1.54, 1.807) is 30.3 Å². The molecule has 0 aliphatic carbocycles. The molecule has 5 rings (SSSR count). The molecule has 0 saturated heterocycles. The van der Waals surface area contributed by atoms with Gasteiger partial charge in [-0.3, -0.25) is 9.89 Å². The molecular weight excluding hydrogens is 409 g/mol. The van der Waals surface area contributed by atoms with Gasteiger partial charge in [-0.05, 0) is 36.4 Å². The number of halogens is 1. The van der Waals surface area contributed by atoms with E-state index in [0.717, 1.165) is 28.3 Å². The number of nitrogens with zero attached hydrogens (tertiary/aromatic N) is 1. The van der Waals surface area contributed by atoms with Gasteiger partial charge in [-0.1, -0.05) is 36.4 Å². The minimum absolute atomic E-state index is 0.128. The molecule has 160 valence electrons. The summed E-state index contributed by atoms with van der Waals surface area (Å²) in [6.07, 6.45) is 0. The van der Waals surface area contributed by atoms with E-state index in [9.17, 15) is 9.18 Å². The number of carbonyl (C=O) groups is 1. The van der Waals surface area contributed by atoms with Crippen LogP contribution in [0.3, 0.4) is 0 Å². The maximum atomic E-state index is 13.7. The Hall–Kier alpha value is -4.13. The van der Waals surface area contributed by atoms with Crippen molar-refractivity contribution >= 4 is 5.91 Å². The molecule has 3 aromatic carbocycles. The summed E-state index contributed by atoms with van der Waals surface area (Å²) in [6, 6.07) is 21.2. The Morgan fingerprint density at radius 1 is 1.00 bits per heavy atom. The number of aromatic amines is 1. The maximum absolute atomic E-state index is 13.7. The molecule has 0 spiro atoms. The summed E-state index contributed by atoms with van der Waals surface area (Å²) < 4.78 is 25.2. The molecule has 0 unspecified atom stereocenters. The third kappa shape index (κ3) is 3.92. The second-order valence-corrected chi connectivity index (χ2v) is 7.35. The van der Waals surface area contributed by atoms with Crippen LogP contribution in [0, 0.1) is 5.82 Å². The molecule has 0 atom stereocenters. The van der Waals surface area contributed by atoms with E-state index < -0.39 is 0 Å². The van der Waals surface area contributed by atoms with Crippen LogP contribution in [0.15, 0.2) is 72.8 Å². The van der Waals surface area contributed by atoms with Gasteiger partial charge < -0.3 is 14.8 Å². The average Bonchev–Trinajstić information content (AvgIpc) is 3.33. The number of H-pyrrole nitrogens is 1. The Kier molecular flexibility index (Phi) is 5.29. The molecule has 2 N–H and O–H groups in total. The number of carbonyl (C=O) groups excluding carboxylic acids is 1. The Morgan fingerprint density at radius 3 is 2.66 bits per heavy atom. The van der Waals surface area contributed by atoms with Crippen LogP contribution in [0.4, 0.5) is 4.39 Å². The van der Waals surface area contributed by atoms with E-state index in [0.29, 0.717) is 30.1 Å². The van der Waals surface area contributed by atoms with Crippen LogP contribution in [0.5, 0.6) is 11.5 Å². The van der Waals surface area contributed by atoms with E-state index in [4.69, 9.17) is 9.47 Å². The predicted octanol–water partition coefficient (Wildman–Crippen LogP) is 4.58. The first kappa shape index (κ1) is 19.8. The highest BCUT2D eigenvalue weighted by atomic mass is 19.1. The molecule has 0 radical (unpaired) electrons. The number of para-hydroxylation sites is 1. The number of hydrogen-bond donors (Lipinski definition) is 2. The third-order valence-electron chi connectivity index (χ3n) is 5.27. The van der Waals surface area contributed by atoms with Gasteiger partial charge in [0, 0.05) is 28.8 Å². The number of ether oxygens (including phenoxy) is 2. The van der Waals surface area contributed by atoms with Crippen LogP contribution in [-0.4, -0.2) is 29.3 Å². The van der Waals surface area contributed by atoms with Crippen molar-refractivity contribution in [3.8, 4) is 34.0 Å². The average molecular weight is 429 g/mol. The van der Waals surface area contributed by atoms with Crippen molar-refractivity contribution in [1.29, 1.82) is 0 Å². The van der Waals surface area contributed by atoms with Crippen molar-refractivity contribution < 1.29 is 18.7 Å². The SMILES string of the molecule is O=C(NCc1ccccc1F)c1ccc(-c2cc(-c3cccc4c3OCCO4)[nH]n2)cc1. The number of fused-ring (bicyclic) bond motifs is 1. The fourth-order valence-electron chi connectivity index (χ4n) is 3.61. The molecule has 6 nitrogen and oxygen atoms in total. The van der Waals surface area contributed by atoms with Gasteiger partial charge in [0.15, 0.2) is 11.5 Å². The first-order valence-electron chi connectivity index (χ1n) is 10.3. The fraction of sp³-hybridized carbons (Fsp3) is 0.120. The predicted molar refractivity (Wildman–Crippen MR) is 118 cm³/mol. The highest BCUT2D eigenvalue weighted by molar-refractivity contribution is 5.94. The Morgan fingerprint density at radius 2 is 1.81 bits per heavy atom. The summed E-state index contributed by atoms with van der Waals surface area (Å²) in [7, 11) is 0. The Labute approximate surface area is 184 Å². The van der Waals surface area contributed by atoms with E-state index in [2.05, 4.69) is 15.5 Å². The van der Waals surface area contributed by atoms with Crippen LogP contribution in [0.25, 0.3) is 22.5 Å². The maximum Gasteiger partial charge on any atom is 0.251 e. The van der Waals surface area contributed by atoms with Gasteiger partial charge in [0.05, 0.1) is 11.4 Å². The molecule has 4 aromatic rings. The molecule has 32 heavy (non-hydrogen) atoms. The van der Waals surface area contributed by atoms with E-state index in [-0.39, 0.29) is 18.3 Å². The van der Waals surface area contributed by atoms with Crippen LogP contribution in [0.1, 0.15) is 15.9 Å². The highest BCUT2D eigenvalue weighted by Crippen LogP contribution is 2.39. The Balaban J connectivity index is 1.30. The molecule has 1 aliphatic rings. The lowest BCUT2D eigenvalue weighted by Gasteiger charge is -2.20. The number of benzene rings is 3. The first-order valence-corrected chi connectivity index (χ1v) is 10.3. The van der Waals surface area contributed by atoms with E-state index in [1.165, 1.54) is 6.07 Å². The van der Waals surface area contributed by atoms with Crippen molar-refractivity contribution in [2.45, 2.75) is 6.54 Å². The molecule has 0 fully saturated rings. The summed E-state index contributed by atoms with van der Waals surface area (Å²) in [4.78, 5) is 12.4. The lowest BCUT2D eigenvalue weighted by atomic mass is 10.1. The zero-order valence-corrected chi connectivity index (χ0v) is 17.1. The summed E-state index contributed by atoms with van der Waals surface area (Å²) in [6.45, 7) is 1.17. The zero-order chi connectivity index (χ0) is 21.9. The number of hydrogen-bond acceptors (Lipinski definition) is 4. The smallest absolute Gasteiger partial charge is 0.251 e. The van der Waals surface area contributed by atoms with E-state index in [1.807, 2.05) is 36.4 Å². The topological polar surface area (TPSA) is 76.2 Å². The zero-order valence-electron chi connectivity index (χ0n) is 17.1. The molecule has 7 heteroatoms. The van der Waals surface area contributed by atoms with Gasteiger partial charge >= 0.3 is 0 Å². The van der Waals surface area contributed by atoms with Crippen molar-refractivity contribution in [3.05, 3.63) is 89.7 Å². The van der Waals surface area contributed by atoms with Crippen LogP contribution in [0.2, 0.25) is 0 Å². The monoisotopic (exact) mass is 429 g/mol. The summed E-state index contributed by atoms with van der Waals surface area (Å²) in [5.74, 6) is 0.816. The lowest BCUT2D eigenvalue weighted by molar-refractivity contribution is 0.0950. The number of nitrogens with one attached hydrogen (secondary N) is 2. The number of rotatable bonds is 5. The number of amides is 1. The van der Waals surface area contributed by atoms with Gasteiger partial charge in [-0.25, -0.2) is 4.39 Å². The summed E-state index contributed by atoms with van der Waals surface area (Å²) in [5.41, 5.74) is 4.23. The van der Waals surface area contributed by atoms with Gasteiger partial charge in [0.25, 0.3) is 5.91 Å². The fourth-order valence-corrected chi connectivity index (χ4v) is 3.61. The molecular formula is C25H20FN3O3. The number of aromatic nitrogens is 2. The molecule has 0 bridgehead atoms. The molecule has 2 heterocycles. The normalized spacial score (nSPS) is 12.4. The minimum atomic E-state index is -0.339.